The maximum atomic E-state index is 12.6. The summed E-state index contributed by atoms with van der Waals surface area (Å²) in [4.78, 5) is 34.0. The fraction of sp³-hybridized carbons (Fsp3) is 0.857. The first-order valence-corrected chi connectivity index (χ1v) is 9.96. The molecule has 4 rings (SSSR count). The normalized spacial score (nSPS) is 33.2. The molecule has 11 nitrogen and oxygen atoms in total. The molecule has 3 amide bonds. The van der Waals surface area contributed by atoms with Gasteiger partial charge >= 0.3 is 16.4 Å². The van der Waals surface area contributed by atoms with Gasteiger partial charge in [0.15, 0.2) is 0 Å². The molecule has 3 aliphatic heterocycles. The minimum atomic E-state index is -4.82. The van der Waals surface area contributed by atoms with E-state index in [1.165, 1.54) is 4.90 Å². The zero-order valence-corrected chi connectivity index (χ0v) is 15.1. The molecule has 0 aromatic rings. The van der Waals surface area contributed by atoms with Crippen LogP contribution in [0.3, 0.4) is 0 Å². The highest BCUT2D eigenvalue weighted by atomic mass is 32.3. The van der Waals surface area contributed by atoms with E-state index in [2.05, 4.69) is 14.7 Å². The van der Waals surface area contributed by atoms with Gasteiger partial charge in [0.2, 0.25) is 0 Å². The Bertz CT molecular complexity index is 725. The number of fused-ring (bicyclic) bond motifs is 3. The van der Waals surface area contributed by atoms with Gasteiger partial charge in [0.05, 0.1) is 12.1 Å². The third-order valence-electron chi connectivity index (χ3n) is 5.81. The number of carbonyl (C=O) groups is 2. The number of nitrogens with zero attached hydrogens (tertiary/aromatic N) is 3. The Morgan fingerprint density at radius 2 is 2.08 bits per heavy atom. The van der Waals surface area contributed by atoms with Crippen molar-refractivity contribution in [1.29, 1.82) is 0 Å². The van der Waals surface area contributed by atoms with Crippen LogP contribution in [0.15, 0.2) is 0 Å². The van der Waals surface area contributed by atoms with Gasteiger partial charge in [-0.25, -0.2) is 10.3 Å². The van der Waals surface area contributed by atoms with Crippen LogP contribution in [-0.4, -0.2) is 84.6 Å². The summed E-state index contributed by atoms with van der Waals surface area (Å²) in [6.07, 6.45) is 2.66. The number of amides is 3. The molecule has 0 aromatic carbocycles. The number of hydrogen-bond acceptors (Lipinski definition) is 7. The molecule has 146 valence electrons. The molecule has 1 aliphatic carbocycles. The lowest BCUT2D eigenvalue weighted by Gasteiger charge is -2.35. The van der Waals surface area contributed by atoms with Gasteiger partial charge in [0.1, 0.15) is 6.04 Å². The van der Waals surface area contributed by atoms with Crippen LogP contribution in [0, 0.1) is 5.41 Å². The standard InChI is InChI=1S/C14H22N4O7S/c1-16-5-2-9(7-16)24-15-12(19)10-6-14(3-4-14)11-8-17(10)13(20)18(11)25-26(21,22)23/h9-11H,2-8H2,1H3,(H,15,19)(H,21,22,23)/t9?,10-,11-/m0/s1. The number of urea groups is 1. The highest BCUT2D eigenvalue weighted by molar-refractivity contribution is 7.80. The number of likely N-dealkylation sites (N-methyl/N-ethyl adjacent to an activating group) is 1. The lowest BCUT2D eigenvalue weighted by Crippen LogP contribution is -2.53. The summed E-state index contributed by atoms with van der Waals surface area (Å²) in [5, 5.41) is 0.697. The number of hydrogen-bond donors (Lipinski definition) is 2. The average molecular weight is 390 g/mol. The molecule has 12 heteroatoms. The number of rotatable bonds is 5. The van der Waals surface area contributed by atoms with Gasteiger partial charge in [0, 0.05) is 19.6 Å². The topological polar surface area (TPSA) is 129 Å². The van der Waals surface area contributed by atoms with E-state index in [0.717, 1.165) is 32.4 Å². The first-order valence-electron chi connectivity index (χ1n) is 8.59. The Balaban J connectivity index is 1.45. The van der Waals surface area contributed by atoms with Crippen molar-refractivity contribution in [3.8, 4) is 0 Å². The fourth-order valence-corrected chi connectivity index (χ4v) is 4.62. The van der Waals surface area contributed by atoms with Gasteiger partial charge in [0.25, 0.3) is 5.91 Å². The second-order valence-corrected chi connectivity index (χ2v) is 8.62. The van der Waals surface area contributed by atoms with Crippen LogP contribution in [0.25, 0.3) is 0 Å². The smallest absolute Gasteiger partial charge is 0.309 e. The summed E-state index contributed by atoms with van der Waals surface area (Å²) in [5.74, 6) is -0.425. The molecule has 2 N–H and O–H groups in total. The molecule has 26 heavy (non-hydrogen) atoms. The second-order valence-electron chi connectivity index (χ2n) is 7.62. The predicted molar refractivity (Wildman–Crippen MR) is 85.6 cm³/mol. The van der Waals surface area contributed by atoms with E-state index < -0.39 is 34.4 Å². The van der Waals surface area contributed by atoms with E-state index in [1.54, 1.807) is 0 Å². The Morgan fingerprint density at radius 1 is 1.35 bits per heavy atom. The van der Waals surface area contributed by atoms with Gasteiger partial charge in [-0.05, 0) is 38.1 Å². The summed E-state index contributed by atoms with van der Waals surface area (Å²) < 4.78 is 35.5. The third kappa shape index (κ3) is 3.16. The molecule has 0 aromatic heterocycles. The van der Waals surface area contributed by atoms with Crippen molar-refractivity contribution in [3.63, 3.8) is 0 Å². The molecular weight excluding hydrogens is 368 g/mol. The van der Waals surface area contributed by atoms with Gasteiger partial charge in [-0.1, -0.05) is 0 Å². The number of hydroxylamine groups is 3. The van der Waals surface area contributed by atoms with E-state index >= 15 is 0 Å². The molecule has 1 spiro atoms. The zero-order chi connectivity index (χ0) is 18.7. The van der Waals surface area contributed by atoms with Crippen LogP contribution in [0.1, 0.15) is 25.7 Å². The van der Waals surface area contributed by atoms with E-state index in [-0.39, 0.29) is 18.1 Å². The monoisotopic (exact) mass is 390 g/mol. The van der Waals surface area contributed by atoms with Crippen LogP contribution >= 0.6 is 0 Å². The summed E-state index contributed by atoms with van der Waals surface area (Å²) in [6.45, 7) is 1.79. The number of nitrogens with one attached hydrogen (secondary N) is 1. The number of carbonyl (C=O) groups excluding carboxylic acids is 2. The van der Waals surface area contributed by atoms with Crippen LogP contribution < -0.4 is 5.48 Å². The molecule has 3 saturated heterocycles. The highest BCUT2D eigenvalue weighted by Gasteiger charge is 2.65. The summed E-state index contributed by atoms with van der Waals surface area (Å²) in [7, 11) is -2.85. The predicted octanol–water partition coefficient (Wildman–Crippen LogP) is -0.869. The maximum absolute atomic E-state index is 12.6. The number of piperidine rings is 1. The van der Waals surface area contributed by atoms with E-state index in [1.807, 2.05) is 7.05 Å². The van der Waals surface area contributed by atoms with Crippen molar-refractivity contribution < 1.29 is 31.7 Å². The van der Waals surface area contributed by atoms with Gasteiger partial charge in [-0.15, -0.1) is 4.28 Å². The highest BCUT2D eigenvalue weighted by Crippen LogP contribution is 2.59. The van der Waals surface area contributed by atoms with Crippen LogP contribution in [0.2, 0.25) is 0 Å². The first kappa shape index (κ1) is 17.9. The van der Waals surface area contributed by atoms with Crippen LogP contribution in [0.4, 0.5) is 4.79 Å². The van der Waals surface area contributed by atoms with Crippen molar-refractivity contribution in [2.24, 2.45) is 5.41 Å². The zero-order valence-electron chi connectivity index (χ0n) is 14.3. The first-order chi connectivity index (χ1) is 12.2. The van der Waals surface area contributed by atoms with Crippen LogP contribution in [0.5, 0.6) is 0 Å². The van der Waals surface area contributed by atoms with E-state index in [4.69, 9.17) is 9.39 Å². The summed E-state index contributed by atoms with van der Waals surface area (Å²) in [6, 6.07) is -1.99. The Labute approximate surface area is 151 Å². The third-order valence-corrected chi connectivity index (χ3v) is 6.16. The van der Waals surface area contributed by atoms with Crippen molar-refractivity contribution in [1.82, 2.24) is 20.3 Å². The average Bonchev–Trinajstić information content (AvgIpc) is 3.11. The minimum Gasteiger partial charge on any atom is -0.309 e. The van der Waals surface area contributed by atoms with Gasteiger partial charge in [-0.2, -0.15) is 13.5 Å². The van der Waals surface area contributed by atoms with Crippen molar-refractivity contribution in [2.45, 2.75) is 43.9 Å². The SMILES string of the molecule is CN1CCC(ONC(=O)[C@@H]2CC3(CC3)[C@@H]3CN2C(=O)N3OS(=O)(=O)O)C1. The molecule has 1 saturated carbocycles. The molecule has 3 heterocycles. The Kier molecular flexibility index (Phi) is 4.15. The Hall–Kier alpha value is -1.47. The minimum absolute atomic E-state index is 0.0937. The van der Waals surface area contributed by atoms with Crippen LogP contribution in [-0.2, 0) is 24.3 Å². The van der Waals surface area contributed by atoms with Crippen molar-refractivity contribution in [3.05, 3.63) is 0 Å². The summed E-state index contributed by atoms with van der Waals surface area (Å²) in [5.41, 5.74) is 2.10. The quantitative estimate of drug-likeness (QED) is 0.458. The largest absolute Gasteiger partial charge is 0.418 e. The van der Waals surface area contributed by atoms with Gasteiger partial charge < -0.3 is 9.80 Å². The molecular formula is C14H22N4O7S. The fourth-order valence-electron chi connectivity index (χ4n) is 4.25. The molecule has 0 radical (unpaired) electrons. The Morgan fingerprint density at radius 3 is 2.65 bits per heavy atom. The van der Waals surface area contributed by atoms with Crippen molar-refractivity contribution >= 4 is 22.3 Å². The molecule has 1 unspecified atom stereocenters. The molecule has 2 bridgehead atoms. The van der Waals surface area contributed by atoms with E-state index in [0.29, 0.717) is 11.5 Å². The lowest BCUT2D eigenvalue weighted by molar-refractivity contribution is -0.144. The summed E-state index contributed by atoms with van der Waals surface area (Å²) >= 11 is 0. The number of likely N-dealkylation sites (tertiary alicyclic amines) is 1. The second kappa shape index (κ2) is 6.02. The lowest BCUT2D eigenvalue weighted by atomic mass is 9.85. The van der Waals surface area contributed by atoms with Gasteiger partial charge in [-0.3, -0.25) is 14.2 Å². The molecule has 4 fully saturated rings. The molecule has 3 atom stereocenters. The molecule has 4 aliphatic rings. The van der Waals surface area contributed by atoms with Crippen molar-refractivity contribution in [2.75, 3.05) is 26.7 Å². The van der Waals surface area contributed by atoms with E-state index in [9.17, 15) is 18.0 Å². The maximum Gasteiger partial charge on any atom is 0.418 e.